The first-order valence-corrected chi connectivity index (χ1v) is 23.7. The smallest absolute Gasteiger partial charge is 0.212 e. The van der Waals surface area contributed by atoms with Crippen LogP contribution in [0.3, 0.4) is 0 Å². The van der Waals surface area contributed by atoms with Crippen LogP contribution in [0.2, 0.25) is 0 Å². The molecule has 0 amide bonds. The normalized spacial score (nSPS) is 15.0. The van der Waals surface area contributed by atoms with Gasteiger partial charge in [-0.1, -0.05) is 76.2 Å². The van der Waals surface area contributed by atoms with Crippen molar-refractivity contribution in [2.75, 3.05) is 4.90 Å². The van der Waals surface area contributed by atoms with Crippen LogP contribution >= 0.6 is 11.3 Å². The van der Waals surface area contributed by atoms with Gasteiger partial charge in [0, 0.05) is 61.8 Å². The summed E-state index contributed by atoms with van der Waals surface area (Å²) < 4.78 is 7.08. The maximum atomic E-state index is 5.20. The van der Waals surface area contributed by atoms with Gasteiger partial charge in [0.15, 0.2) is 12.4 Å². The third-order valence-electron chi connectivity index (χ3n) is 15.1. The minimum absolute atomic E-state index is 0.174. The number of aryl methyl sites for hydroxylation is 2. The summed E-state index contributed by atoms with van der Waals surface area (Å²) in [6, 6.07) is 54.5. The van der Waals surface area contributed by atoms with Gasteiger partial charge in [0.25, 0.3) is 0 Å². The lowest BCUT2D eigenvalue weighted by molar-refractivity contribution is -0.660. The first-order chi connectivity index (χ1) is 31.6. The van der Waals surface area contributed by atoms with Gasteiger partial charge < -0.3 is 4.57 Å². The predicted octanol–water partition coefficient (Wildman–Crippen LogP) is 13.4. The van der Waals surface area contributed by atoms with Gasteiger partial charge in [0.1, 0.15) is 19.9 Å². The second-order valence-electron chi connectivity index (χ2n) is 19.3. The van der Waals surface area contributed by atoms with Crippen molar-refractivity contribution in [3.05, 3.63) is 198 Å². The van der Waals surface area contributed by atoms with E-state index < -0.39 is 0 Å². The van der Waals surface area contributed by atoms with Crippen molar-refractivity contribution in [2.45, 2.75) is 51.4 Å². The lowest BCUT2D eigenvalue weighted by Crippen LogP contribution is -2.33. The number of benzene rings is 5. The van der Waals surface area contributed by atoms with E-state index in [4.69, 9.17) is 4.98 Å². The molecule has 10 aromatic rings. The number of rotatable bonds is 5. The molecule has 0 N–H and O–H groups in total. The molecule has 5 aromatic carbocycles. The number of hydrogen-bond acceptors (Lipinski definition) is 3. The molecule has 314 valence electrons. The fourth-order valence-electron chi connectivity index (χ4n) is 11.8. The average Bonchev–Trinajstić information content (AvgIpc) is 3.90. The number of anilines is 3. The molecule has 0 spiro atoms. The van der Waals surface area contributed by atoms with Gasteiger partial charge in [-0.25, -0.2) is 14.1 Å². The molecule has 65 heavy (non-hydrogen) atoms. The molecule has 5 nitrogen and oxygen atoms in total. The average molecular weight is 860 g/mol. The second kappa shape index (κ2) is 13.7. The van der Waals surface area contributed by atoms with Crippen molar-refractivity contribution in [1.29, 1.82) is 0 Å². The Kier molecular flexibility index (Phi) is 8.07. The number of fused-ring (bicyclic) bond motifs is 3. The molecule has 0 radical (unpaired) electrons. The highest BCUT2D eigenvalue weighted by atomic mass is 32.1. The van der Waals surface area contributed by atoms with E-state index in [9.17, 15) is 0 Å². The van der Waals surface area contributed by atoms with Crippen LogP contribution in [0.1, 0.15) is 61.1 Å². The van der Waals surface area contributed by atoms with Crippen LogP contribution in [0.5, 0.6) is 0 Å². The molecule has 0 bridgehead atoms. The Labute approximate surface area is 384 Å². The lowest BCUT2D eigenvalue weighted by atomic mass is 9.68. The Hall–Kier alpha value is -7.15. The molecule has 13 rings (SSSR count). The van der Waals surface area contributed by atoms with Gasteiger partial charge >= 0.3 is 0 Å². The quantitative estimate of drug-likeness (QED) is 0.161. The van der Waals surface area contributed by atoms with E-state index in [1.807, 2.05) is 17.5 Å². The minimum atomic E-state index is -0.174. The molecule has 3 aliphatic rings. The fraction of sp³-hybridized carbons (Fsp3) is 0.169. The highest BCUT2D eigenvalue weighted by molar-refractivity contribution is 7.18. The van der Waals surface area contributed by atoms with Crippen molar-refractivity contribution in [1.82, 2.24) is 9.55 Å². The van der Waals surface area contributed by atoms with Crippen molar-refractivity contribution in [3.8, 4) is 49.1 Å². The number of hydrogen-bond donors (Lipinski definition) is 0. The Morgan fingerprint density at radius 1 is 0.523 bits per heavy atom. The summed E-state index contributed by atoms with van der Waals surface area (Å²) >= 11 is 1.88. The first kappa shape index (κ1) is 38.3. The van der Waals surface area contributed by atoms with Gasteiger partial charge in [-0.15, -0.1) is 11.3 Å². The largest absolute Gasteiger partial charge is 0.308 e. The molecule has 0 unspecified atom stereocenters. The summed E-state index contributed by atoms with van der Waals surface area (Å²) in [4.78, 5) is 10.1. The van der Waals surface area contributed by atoms with Crippen molar-refractivity contribution in [2.24, 2.45) is 14.1 Å². The number of pyridine rings is 3. The van der Waals surface area contributed by atoms with Gasteiger partial charge in [-0.2, -0.15) is 0 Å². The van der Waals surface area contributed by atoms with Crippen LogP contribution in [-0.4, -0.2) is 9.55 Å². The number of thiophene rings is 1. The monoisotopic (exact) mass is 859 g/mol. The van der Waals surface area contributed by atoms with Gasteiger partial charge in [0.2, 0.25) is 11.4 Å². The Bertz CT molecular complexity index is 3470. The third kappa shape index (κ3) is 5.35. The fourth-order valence-corrected chi connectivity index (χ4v) is 12.7. The van der Waals surface area contributed by atoms with Crippen LogP contribution in [0.25, 0.3) is 70.9 Å². The van der Waals surface area contributed by atoms with Crippen LogP contribution in [0.15, 0.2) is 164 Å². The van der Waals surface area contributed by atoms with Crippen LogP contribution in [-0.2, 0) is 37.8 Å². The summed E-state index contributed by atoms with van der Waals surface area (Å²) in [5, 5.41) is 2.71. The van der Waals surface area contributed by atoms with Crippen molar-refractivity contribution < 1.29 is 9.13 Å². The molecule has 0 saturated carbocycles. The molecular weight excluding hydrogens is 811 g/mol. The van der Waals surface area contributed by atoms with Crippen molar-refractivity contribution in [3.63, 3.8) is 0 Å². The topological polar surface area (TPSA) is 28.8 Å². The number of aromatic nitrogens is 4. The zero-order valence-electron chi connectivity index (χ0n) is 37.6. The summed E-state index contributed by atoms with van der Waals surface area (Å²) in [7, 11) is 4.28. The highest BCUT2D eigenvalue weighted by Gasteiger charge is 2.44. The van der Waals surface area contributed by atoms with Crippen LogP contribution < -0.4 is 14.0 Å². The molecule has 0 saturated heterocycles. The van der Waals surface area contributed by atoms with E-state index in [-0.39, 0.29) is 10.8 Å². The van der Waals surface area contributed by atoms with Gasteiger partial charge in [0.05, 0.1) is 39.2 Å². The third-order valence-corrected chi connectivity index (χ3v) is 16.2. The maximum absolute atomic E-state index is 5.20. The van der Waals surface area contributed by atoms with Crippen LogP contribution in [0, 0.1) is 0 Å². The highest BCUT2D eigenvalue weighted by Crippen LogP contribution is 2.56. The zero-order valence-corrected chi connectivity index (χ0v) is 38.5. The Morgan fingerprint density at radius 2 is 1.05 bits per heavy atom. The van der Waals surface area contributed by atoms with Crippen molar-refractivity contribution >= 4 is 50.3 Å². The van der Waals surface area contributed by atoms with E-state index in [0.29, 0.717) is 0 Å². The molecule has 0 fully saturated rings. The zero-order chi connectivity index (χ0) is 43.9. The van der Waals surface area contributed by atoms with Gasteiger partial charge in [-0.05, 0) is 130 Å². The molecule has 3 aliphatic heterocycles. The molecular formula is C59H49N5S+2. The van der Waals surface area contributed by atoms with E-state index >= 15 is 0 Å². The minimum Gasteiger partial charge on any atom is -0.308 e. The Balaban J connectivity index is 0.962. The standard InChI is InChI=1S/C59H49N5S/c1-58(2)44-19-11-17-42-43-18-12-20-45-56(43)64(55(42)44)57-46(58)33-37(34-47(57)59(45,3)4)53-28-27-52(65-53)36-29-30-60-54(35-36)63-50-23-13-15-38(48-21-7-9-31-61(48)5)40(50)25-26-41-39(16-14-24-51(41)63)49-22-8-10-32-62(49)6/h7-24,27-35H,25-26H2,1-6H3/q+2. The van der Waals surface area contributed by atoms with E-state index in [0.717, 1.165) is 24.2 Å². The first-order valence-electron chi connectivity index (χ1n) is 22.9. The van der Waals surface area contributed by atoms with Crippen LogP contribution in [0.4, 0.5) is 17.2 Å². The van der Waals surface area contributed by atoms with E-state index in [1.54, 1.807) is 0 Å². The Morgan fingerprint density at radius 3 is 1.58 bits per heavy atom. The summed E-state index contributed by atoms with van der Waals surface area (Å²) in [6.45, 7) is 9.70. The molecule has 6 heteroatoms. The molecule has 0 atom stereocenters. The van der Waals surface area contributed by atoms with E-state index in [1.165, 1.54) is 110 Å². The predicted molar refractivity (Wildman–Crippen MR) is 267 cm³/mol. The maximum Gasteiger partial charge on any atom is 0.212 e. The number of nitrogens with zero attached hydrogens (tertiary/aromatic N) is 5. The second-order valence-corrected chi connectivity index (χ2v) is 20.4. The lowest BCUT2D eigenvalue weighted by Gasteiger charge is -2.42. The SMILES string of the molecule is C[n+]1ccccc1-c1cccc2c1CCc1c(-c3cccc[n+]3C)cccc1N2c1cc(-c2ccc(-c3cc4c5c(c3)C(C)(C)c3cccc6c7cccc(c7n-5c36)C4(C)C)s2)ccn1. The van der Waals surface area contributed by atoms with E-state index in [2.05, 4.69) is 218 Å². The molecule has 5 aromatic heterocycles. The summed E-state index contributed by atoms with van der Waals surface area (Å²) in [5.74, 6) is 0.911. The number of para-hydroxylation sites is 2. The van der Waals surface area contributed by atoms with Gasteiger partial charge in [-0.3, -0.25) is 4.90 Å². The molecule has 8 heterocycles. The summed E-state index contributed by atoms with van der Waals surface area (Å²) in [6.07, 6.45) is 8.08. The summed E-state index contributed by atoms with van der Waals surface area (Å²) in [5.41, 5.74) is 21.7. The molecule has 0 aliphatic carbocycles.